The van der Waals surface area contributed by atoms with Gasteiger partial charge in [-0.15, -0.1) is 0 Å². The Morgan fingerprint density at radius 3 is 2.61 bits per heavy atom. The summed E-state index contributed by atoms with van der Waals surface area (Å²) in [7, 11) is 1.64. The molecule has 2 rings (SSSR count). The zero-order chi connectivity index (χ0) is 17.1. The third-order valence-corrected chi connectivity index (χ3v) is 3.88. The van der Waals surface area contributed by atoms with Gasteiger partial charge in [-0.05, 0) is 13.8 Å². The Balaban J connectivity index is 2.08. The van der Waals surface area contributed by atoms with E-state index in [4.69, 9.17) is 11.6 Å². The molecule has 0 N–H and O–H groups in total. The summed E-state index contributed by atoms with van der Waals surface area (Å²) in [5.74, 6) is -0.231. The van der Waals surface area contributed by atoms with Crippen molar-refractivity contribution in [2.45, 2.75) is 33.5 Å². The molecule has 124 valence electrons. The summed E-state index contributed by atoms with van der Waals surface area (Å²) in [4.78, 5) is 24.1. The normalized spacial score (nSPS) is 10.8. The predicted octanol–water partition coefficient (Wildman–Crippen LogP) is 1.63. The Morgan fingerprint density at radius 1 is 1.39 bits per heavy atom. The molecule has 2 aromatic rings. The van der Waals surface area contributed by atoms with E-state index in [-0.39, 0.29) is 18.1 Å². The van der Waals surface area contributed by atoms with Crippen LogP contribution in [0.2, 0.25) is 5.02 Å². The van der Waals surface area contributed by atoms with Crippen molar-refractivity contribution < 1.29 is 9.72 Å². The average Bonchev–Trinajstić information content (AvgIpc) is 3.03. The summed E-state index contributed by atoms with van der Waals surface area (Å²) >= 11 is 6.08. The molecule has 0 atom stereocenters. The number of carbonyl (C=O) groups is 1. The zero-order valence-corrected chi connectivity index (χ0v) is 13.8. The first-order chi connectivity index (χ1) is 10.8. The Hall–Kier alpha value is -2.42. The van der Waals surface area contributed by atoms with Gasteiger partial charge in [0.05, 0.1) is 28.4 Å². The molecule has 10 heteroatoms. The molecule has 0 aliphatic heterocycles. The van der Waals surface area contributed by atoms with Crippen molar-refractivity contribution >= 4 is 23.2 Å². The highest BCUT2D eigenvalue weighted by Gasteiger charge is 2.20. The van der Waals surface area contributed by atoms with E-state index in [1.54, 1.807) is 24.9 Å². The van der Waals surface area contributed by atoms with E-state index in [1.165, 1.54) is 9.58 Å². The van der Waals surface area contributed by atoms with Crippen LogP contribution in [0.25, 0.3) is 0 Å². The molecule has 0 saturated carbocycles. The molecule has 0 aliphatic rings. The van der Waals surface area contributed by atoms with Gasteiger partial charge in [-0.25, -0.2) is 0 Å². The fraction of sp³-hybridized carbons (Fsp3) is 0.462. The molecule has 1 amide bonds. The fourth-order valence-corrected chi connectivity index (χ4v) is 2.36. The summed E-state index contributed by atoms with van der Waals surface area (Å²) in [5, 5.41) is 19.3. The molecule has 0 radical (unpaired) electrons. The standard InChI is InChI=1S/C13H17ClN6O3/c1-4-18-12(10(14)5-15-18)7-17(3)13(21)8-19-9(2)11(6-16-19)20(22)23/h5-6H,4,7-8H2,1-3H3. The van der Waals surface area contributed by atoms with Gasteiger partial charge < -0.3 is 4.90 Å². The number of nitrogens with zero attached hydrogens (tertiary/aromatic N) is 6. The van der Waals surface area contributed by atoms with Crippen molar-refractivity contribution in [3.63, 3.8) is 0 Å². The zero-order valence-electron chi connectivity index (χ0n) is 13.1. The minimum Gasteiger partial charge on any atom is -0.338 e. The molecule has 2 aromatic heterocycles. The Labute approximate surface area is 137 Å². The Bertz CT molecular complexity index is 738. The van der Waals surface area contributed by atoms with Gasteiger partial charge in [0.2, 0.25) is 5.91 Å². The maximum absolute atomic E-state index is 12.3. The number of aromatic nitrogens is 4. The summed E-state index contributed by atoms with van der Waals surface area (Å²) in [6, 6.07) is 0. The first kappa shape index (κ1) is 16.9. The first-order valence-electron chi connectivity index (χ1n) is 6.96. The van der Waals surface area contributed by atoms with Crippen molar-refractivity contribution in [2.24, 2.45) is 0 Å². The van der Waals surface area contributed by atoms with Gasteiger partial charge in [0, 0.05) is 13.6 Å². The lowest BCUT2D eigenvalue weighted by molar-refractivity contribution is -0.385. The molecule has 0 fully saturated rings. The molecule has 23 heavy (non-hydrogen) atoms. The van der Waals surface area contributed by atoms with E-state index in [0.29, 0.717) is 23.8 Å². The van der Waals surface area contributed by atoms with E-state index in [2.05, 4.69) is 10.2 Å². The van der Waals surface area contributed by atoms with Gasteiger partial charge in [0.15, 0.2) is 0 Å². The molecular formula is C13H17ClN6O3. The van der Waals surface area contributed by atoms with Crippen molar-refractivity contribution in [1.82, 2.24) is 24.5 Å². The Kier molecular flexibility index (Phi) is 4.99. The summed E-state index contributed by atoms with van der Waals surface area (Å²) < 4.78 is 3.03. The molecule has 0 bridgehead atoms. The van der Waals surface area contributed by atoms with Crippen LogP contribution in [-0.4, -0.2) is 42.3 Å². The summed E-state index contributed by atoms with van der Waals surface area (Å²) in [5.41, 5.74) is 0.981. The number of amides is 1. The molecule has 9 nitrogen and oxygen atoms in total. The predicted molar refractivity (Wildman–Crippen MR) is 83.0 cm³/mol. The van der Waals surface area contributed by atoms with Crippen LogP contribution in [0.15, 0.2) is 12.4 Å². The van der Waals surface area contributed by atoms with Gasteiger partial charge in [0.25, 0.3) is 0 Å². The van der Waals surface area contributed by atoms with Crippen LogP contribution in [0.5, 0.6) is 0 Å². The lowest BCUT2D eigenvalue weighted by atomic mass is 10.3. The van der Waals surface area contributed by atoms with Crippen LogP contribution in [0.3, 0.4) is 0 Å². The minimum atomic E-state index is -0.521. The number of hydrogen-bond donors (Lipinski definition) is 0. The minimum absolute atomic E-state index is 0.0753. The van der Waals surface area contributed by atoms with Crippen LogP contribution in [0.1, 0.15) is 18.3 Å². The van der Waals surface area contributed by atoms with Gasteiger partial charge in [-0.1, -0.05) is 11.6 Å². The molecular weight excluding hydrogens is 324 g/mol. The van der Waals surface area contributed by atoms with E-state index in [1.807, 2.05) is 6.92 Å². The maximum Gasteiger partial charge on any atom is 0.309 e. The summed E-state index contributed by atoms with van der Waals surface area (Å²) in [6.45, 7) is 4.36. The highest BCUT2D eigenvalue weighted by molar-refractivity contribution is 6.31. The highest BCUT2D eigenvalue weighted by Crippen LogP contribution is 2.18. The number of likely N-dealkylation sites (N-methyl/N-ethyl adjacent to an activating group) is 1. The van der Waals surface area contributed by atoms with Crippen LogP contribution in [-0.2, 0) is 24.4 Å². The topological polar surface area (TPSA) is 99.1 Å². The molecule has 0 aromatic carbocycles. The monoisotopic (exact) mass is 340 g/mol. The smallest absolute Gasteiger partial charge is 0.309 e. The van der Waals surface area contributed by atoms with E-state index >= 15 is 0 Å². The van der Waals surface area contributed by atoms with Gasteiger partial charge >= 0.3 is 5.69 Å². The number of rotatable bonds is 6. The maximum atomic E-state index is 12.3. The number of hydrogen-bond acceptors (Lipinski definition) is 5. The van der Waals surface area contributed by atoms with Gasteiger partial charge in [-0.3, -0.25) is 24.3 Å². The summed E-state index contributed by atoms with van der Waals surface area (Å²) in [6.07, 6.45) is 2.69. The fourth-order valence-electron chi connectivity index (χ4n) is 2.15. The lowest BCUT2D eigenvalue weighted by Crippen LogP contribution is -2.31. The average molecular weight is 341 g/mol. The second-order valence-electron chi connectivity index (χ2n) is 5.03. The van der Waals surface area contributed by atoms with Gasteiger partial charge in [-0.2, -0.15) is 10.2 Å². The Morgan fingerprint density at radius 2 is 2.04 bits per heavy atom. The molecule has 0 saturated heterocycles. The van der Waals surface area contributed by atoms with Crippen molar-refractivity contribution in [2.75, 3.05) is 7.05 Å². The molecule has 0 unspecified atom stereocenters. The third kappa shape index (κ3) is 3.50. The number of halogens is 1. The highest BCUT2D eigenvalue weighted by atomic mass is 35.5. The number of aryl methyl sites for hydroxylation is 1. The number of nitro groups is 1. The van der Waals surface area contributed by atoms with Crippen molar-refractivity contribution in [1.29, 1.82) is 0 Å². The molecule has 0 aliphatic carbocycles. The van der Waals surface area contributed by atoms with Crippen LogP contribution in [0.4, 0.5) is 5.69 Å². The van der Waals surface area contributed by atoms with Crippen LogP contribution >= 0.6 is 11.6 Å². The quantitative estimate of drug-likeness (QED) is 0.587. The lowest BCUT2D eigenvalue weighted by Gasteiger charge is -2.18. The molecule has 2 heterocycles. The van der Waals surface area contributed by atoms with E-state index in [0.717, 1.165) is 11.9 Å². The van der Waals surface area contributed by atoms with Gasteiger partial charge in [0.1, 0.15) is 18.4 Å². The molecule has 0 spiro atoms. The van der Waals surface area contributed by atoms with E-state index in [9.17, 15) is 14.9 Å². The van der Waals surface area contributed by atoms with Crippen molar-refractivity contribution in [3.8, 4) is 0 Å². The van der Waals surface area contributed by atoms with E-state index < -0.39 is 4.92 Å². The second kappa shape index (κ2) is 6.78. The van der Waals surface area contributed by atoms with Crippen LogP contribution < -0.4 is 0 Å². The third-order valence-electron chi connectivity index (χ3n) is 3.57. The van der Waals surface area contributed by atoms with Crippen molar-refractivity contribution in [3.05, 3.63) is 38.9 Å². The largest absolute Gasteiger partial charge is 0.338 e. The number of carbonyl (C=O) groups excluding carboxylic acids is 1. The van der Waals surface area contributed by atoms with Crippen LogP contribution in [0, 0.1) is 17.0 Å². The first-order valence-corrected chi connectivity index (χ1v) is 7.33. The SMILES string of the molecule is CCn1ncc(Cl)c1CN(C)C(=O)Cn1ncc([N+](=O)[O-])c1C. The second-order valence-corrected chi connectivity index (χ2v) is 5.44.